The summed E-state index contributed by atoms with van der Waals surface area (Å²) in [7, 11) is 0. The lowest BCUT2D eigenvalue weighted by Crippen LogP contribution is -1.91. The fourth-order valence-electron chi connectivity index (χ4n) is 1.74. The monoisotopic (exact) mass is 286 g/mol. The van der Waals surface area contributed by atoms with Gasteiger partial charge in [0.2, 0.25) is 0 Å². The molecule has 0 aliphatic heterocycles. The zero-order valence-corrected chi connectivity index (χ0v) is 11.4. The smallest absolute Gasteiger partial charge is 0.311 e. The molecule has 1 N–H and O–H groups in total. The Kier molecular flexibility index (Phi) is 4.50. The van der Waals surface area contributed by atoms with Gasteiger partial charge in [0.15, 0.2) is 5.75 Å². The Bertz CT molecular complexity index is 683. The van der Waals surface area contributed by atoms with Crippen molar-refractivity contribution in [1.29, 1.82) is 0 Å². The van der Waals surface area contributed by atoms with Gasteiger partial charge in [-0.15, -0.1) is 0 Å². The predicted octanol–water partition coefficient (Wildman–Crippen LogP) is 3.45. The first kappa shape index (κ1) is 14.5. The van der Waals surface area contributed by atoms with Crippen LogP contribution in [0.5, 0.6) is 11.5 Å². The molecule has 0 aliphatic carbocycles. The molecule has 6 nitrogen and oxygen atoms in total. The van der Waals surface area contributed by atoms with E-state index in [2.05, 4.69) is 4.99 Å². The molecule has 2 rings (SSSR count). The number of aliphatic imine (C=N–C) groups is 1. The zero-order valence-electron chi connectivity index (χ0n) is 11.4. The minimum Gasteiger partial charge on any atom is -0.502 e. The summed E-state index contributed by atoms with van der Waals surface area (Å²) in [5, 5.41) is 20.1. The molecule has 6 heteroatoms. The van der Waals surface area contributed by atoms with Gasteiger partial charge in [-0.2, -0.15) is 0 Å². The van der Waals surface area contributed by atoms with E-state index in [4.69, 9.17) is 4.74 Å². The van der Waals surface area contributed by atoms with Crippen LogP contribution in [0, 0.1) is 10.1 Å². The number of benzene rings is 2. The molecule has 0 aromatic heterocycles. The number of nitrogens with zero attached hydrogens (tertiary/aromatic N) is 2. The fourth-order valence-corrected chi connectivity index (χ4v) is 1.74. The van der Waals surface area contributed by atoms with E-state index in [1.807, 2.05) is 19.1 Å². The molecular weight excluding hydrogens is 272 g/mol. The predicted molar refractivity (Wildman–Crippen MR) is 79.6 cm³/mol. The molecule has 0 fully saturated rings. The summed E-state index contributed by atoms with van der Waals surface area (Å²) in [4.78, 5) is 14.4. The summed E-state index contributed by atoms with van der Waals surface area (Å²) in [5.74, 6) is 0.347. The minimum atomic E-state index is -0.637. The average Bonchev–Trinajstić information content (AvgIpc) is 2.47. The second kappa shape index (κ2) is 6.51. The van der Waals surface area contributed by atoms with Crippen molar-refractivity contribution >= 4 is 17.6 Å². The highest BCUT2D eigenvalue weighted by Crippen LogP contribution is 2.26. The van der Waals surface area contributed by atoms with Gasteiger partial charge in [0.25, 0.3) is 0 Å². The Hall–Kier alpha value is -2.89. The molecule has 0 atom stereocenters. The third-order valence-corrected chi connectivity index (χ3v) is 2.69. The summed E-state index contributed by atoms with van der Waals surface area (Å²) >= 11 is 0. The molecule has 0 spiro atoms. The van der Waals surface area contributed by atoms with Gasteiger partial charge in [-0.25, -0.2) is 0 Å². The molecule has 2 aromatic carbocycles. The van der Waals surface area contributed by atoms with E-state index >= 15 is 0 Å². The SMILES string of the molecule is CCOc1cccc(N=Cc2ccc(O)c([N+](=O)[O-])c2)c1. The average molecular weight is 286 g/mol. The van der Waals surface area contributed by atoms with Crippen LogP contribution in [-0.2, 0) is 0 Å². The van der Waals surface area contributed by atoms with Crippen LogP contribution < -0.4 is 4.74 Å². The number of nitro groups is 1. The number of phenolic OH excluding ortho intramolecular Hbond substituents is 1. The molecule has 0 heterocycles. The minimum absolute atomic E-state index is 0.345. The first-order valence-electron chi connectivity index (χ1n) is 6.34. The maximum Gasteiger partial charge on any atom is 0.311 e. The van der Waals surface area contributed by atoms with Crippen molar-refractivity contribution in [2.75, 3.05) is 6.61 Å². The number of aromatic hydroxyl groups is 1. The molecule has 0 unspecified atom stereocenters. The third kappa shape index (κ3) is 3.79. The van der Waals surface area contributed by atoms with Crippen molar-refractivity contribution < 1.29 is 14.8 Å². The van der Waals surface area contributed by atoms with Gasteiger partial charge in [0.1, 0.15) is 5.75 Å². The van der Waals surface area contributed by atoms with Crippen LogP contribution in [0.4, 0.5) is 11.4 Å². The maximum absolute atomic E-state index is 10.7. The summed E-state index contributed by atoms with van der Waals surface area (Å²) in [6, 6.07) is 11.3. The topological polar surface area (TPSA) is 85.0 Å². The summed E-state index contributed by atoms with van der Waals surface area (Å²) in [6.45, 7) is 2.46. The molecule has 0 saturated heterocycles. The molecule has 0 aliphatic rings. The molecule has 0 saturated carbocycles. The van der Waals surface area contributed by atoms with E-state index in [1.165, 1.54) is 18.3 Å². The van der Waals surface area contributed by atoms with Crippen molar-refractivity contribution in [3.8, 4) is 11.5 Å². The van der Waals surface area contributed by atoms with Crippen molar-refractivity contribution in [2.24, 2.45) is 4.99 Å². The number of rotatable bonds is 5. The number of nitro benzene ring substituents is 1. The van der Waals surface area contributed by atoms with Crippen molar-refractivity contribution in [3.05, 3.63) is 58.1 Å². The Balaban J connectivity index is 2.23. The van der Waals surface area contributed by atoms with E-state index in [1.54, 1.807) is 18.2 Å². The lowest BCUT2D eigenvalue weighted by Gasteiger charge is -2.02. The third-order valence-electron chi connectivity index (χ3n) is 2.69. The molecule has 2 aromatic rings. The quantitative estimate of drug-likeness (QED) is 0.518. The highest BCUT2D eigenvalue weighted by Gasteiger charge is 2.12. The van der Waals surface area contributed by atoms with Crippen LogP contribution in [0.1, 0.15) is 12.5 Å². The molecule has 0 amide bonds. The van der Waals surface area contributed by atoms with E-state index in [0.717, 1.165) is 0 Å². The van der Waals surface area contributed by atoms with Gasteiger partial charge in [0.05, 0.1) is 17.2 Å². The first-order valence-corrected chi connectivity index (χ1v) is 6.34. The van der Waals surface area contributed by atoms with E-state index in [0.29, 0.717) is 23.6 Å². The zero-order chi connectivity index (χ0) is 15.2. The number of ether oxygens (including phenoxy) is 1. The fraction of sp³-hybridized carbons (Fsp3) is 0.133. The summed E-state index contributed by atoms with van der Waals surface area (Å²) < 4.78 is 5.37. The van der Waals surface area contributed by atoms with Crippen molar-refractivity contribution in [2.45, 2.75) is 6.92 Å². The van der Waals surface area contributed by atoms with Gasteiger partial charge in [-0.3, -0.25) is 15.1 Å². The van der Waals surface area contributed by atoms with Crippen molar-refractivity contribution in [3.63, 3.8) is 0 Å². The lowest BCUT2D eigenvalue weighted by atomic mass is 10.2. The Labute approximate surface area is 121 Å². The molecule has 0 radical (unpaired) electrons. The van der Waals surface area contributed by atoms with Gasteiger partial charge in [-0.05, 0) is 36.8 Å². The van der Waals surface area contributed by atoms with Gasteiger partial charge >= 0.3 is 5.69 Å². The second-order valence-electron chi connectivity index (χ2n) is 4.19. The summed E-state index contributed by atoms with van der Waals surface area (Å²) in [5.41, 5.74) is 0.861. The number of hydrogen-bond acceptors (Lipinski definition) is 5. The molecular formula is C15H14N2O4. The molecule has 0 bridgehead atoms. The van der Waals surface area contributed by atoms with Crippen LogP contribution >= 0.6 is 0 Å². The van der Waals surface area contributed by atoms with E-state index in [-0.39, 0.29) is 11.4 Å². The van der Waals surface area contributed by atoms with Gasteiger partial charge in [-0.1, -0.05) is 6.07 Å². The van der Waals surface area contributed by atoms with Crippen molar-refractivity contribution in [1.82, 2.24) is 0 Å². The van der Waals surface area contributed by atoms with Crippen LogP contribution in [0.25, 0.3) is 0 Å². The highest BCUT2D eigenvalue weighted by molar-refractivity contribution is 5.83. The maximum atomic E-state index is 10.7. The Morgan fingerprint density at radius 3 is 2.86 bits per heavy atom. The normalized spacial score (nSPS) is 10.7. The van der Waals surface area contributed by atoms with Gasteiger partial charge in [0, 0.05) is 18.3 Å². The van der Waals surface area contributed by atoms with Crippen LogP contribution in [0.15, 0.2) is 47.5 Å². The number of phenols is 1. The largest absolute Gasteiger partial charge is 0.502 e. The Morgan fingerprint density at radius 2 is 2.14 bits per heavy atom. The van der Waals surface area contributed by atoms with Crippen LogP contribution in [-0.4, -0.2) is 22.9 Å². The van der Waals surface area contributed by atoms with Crippen LogP contribution in [0.2, 0.25) is 0 Å². The Morgan fingerprint density at radius 1 is 1.33 bits per heavy atom. The van der Waals surface area contributed by atoms with Crippen LogP contribution in [0.3, 0.4) is 0 Å². The summed E-state index contributed by atoms with van der Waals surface area (Å²) in [6.07, 6.45) is 1.50. The standard InChI is InChI=1S/C15H14N2O4/c1-2-21-13-5-3-4-12(9-13)16-10-11-6-7-15(18)14(8-11)17(19)20/h3-10,18H,2H2,1H3. The highest BCUT2D eigenvalue weighted by atomic mass is 16.6. The molecule has 108 valence electrons. The second-order valence-corrected chi connectivity index (χ2v) is 4.19. The number of hydrogen-bond donors (Lipinski definition) is 1. The van der Waals surface area contributed by atoms with Gasteiger partial charge < -0.3 is 9.84 Å². The lowest BCUT2D eigenvalue weighted by molar-refractivity contribution is -0.385. The first-order chi connectivity index (χ1) is 10.1. The van der Waals surface area contributed by atoms with E-state index in [9.17, 15) is 15.2 Å². The molecule has 21 heavy (non-hydrogen) atoms. The van der Waals surface area contributed by atoms with E-state index < -0.39 is 4.92 Å².